The van der Waals surface area contributed by atoms with Crippen LogP contribution < -0.4 is 0 Å². The van der Waals surface area contributed by atoms with E-state index < -0.39 is 5.97 Å². The molecule has 2 atom stereocenters. The van der Waals surface area contributed by atoms with E-state index in [1.54, 1.807) is 0 Å². The molecule has 0 heterocycles. The summed E-state index contributed by atoms with van der Waals surface area (Å²) in [5.41, 5.74) is 0. The number of rotatable bonds is 1. The van der Waals surface area contributed by atoms with E-state index in [2.05, 4.69) is 0 Å². The first-order valence-corrected chi connectivity index (χ1v) is 3.52. The SMILES string of the molecule is O=C(O)C1C2CCC1C2. The number of carboxylic acid groups (broad SMARTS) is 1. The second-order valence-electron chi connectivity index (χ2n) is 3.20. The lowest BCUT2D eigenvalue weighted by Crippen LogP contribution is -2.34. The fourth-order valence-corrected chi connectivity index (χ4v) is 2.30. The molecule has 0 aliphatic heterocycles. The summed E-state index contributed by atoms with van der Waals surface area (Å²) in [7, 11) is 0. The molecule has 3 aliphatic rings. The molecular weight excluding hydrogens is 116 g/mol. The zero-order valence-electron chi connectivity index (χ0n) is 5.21. The van der Waals surface area contributed by atoms with Crippen LogP contribution in [0.5, 0.6) is 0 Å². The molecule has 0 aromatic carbocycles. The second-order valence-corrected chi connectivity index (χ2v) is 3.20. The van der Waals surface area contributed by atoms with Crippen molar-refractivity contribution in [1.29, 1.82) is 0 Å². The zero-order chi connectivity index (χ0) is 6.43. The molecule has 0 amide bonds. The largest absolute Gasteiger partial charge is 0.481 e. The van der Waals surface area contributed by atoms with Crippen molar-refractivity contribution in [2.75, 3.05) is 0 Å². The van der Waals surface area contributed by atoms with Crippen LogP contribution in [0.25, 0.3) is 0 Å². The van der Waals surface area contributed by atoms with Crippen molar-refractivity contribution in [3.8, 4) is 0 Å². The fraction of sp³-hybridized carbons (Fsp3) is 0.857. The number of hydrogen-bond donors (Lipinski definition) is 1. The minimum Gasteiger partial charge on any atom is -0.481 e. The van der Waals surface area contributed by atoms with E-state index in [0.717, 1.165) is 0 Å². The predicted octanol–water partition coefficient (Wildman–Crippen LogP) is 1.12. The van der Waals surface area contributed by atoms with Crippen molar-refractivity contribution < 1.29 is 9.90 Å². The van der Waals surface area contributed by atoms with E-state index in [0.29, 0.717) is 11.8 Å². The predicted molar refractivity (Wildman–Crippen MR) is 32.0 cm³/mol. The highest BCUT2D eigenvalue weighted by Gasteiger charge is 2.50. The summed E-state index contributed by atoms with van der Waals surface area (Å²) >= 11 is 0. The van der Waals surface area contributed by atoms with Crippen molar-refractivity contribution in [3.63, 3.8) is 0 Å². The zero-order valence-corrected chi connectivity index (χ0v) is 5.21. The third kappa shape index (κ3) is 0.533. The molecule has 2 heteroatoms. The highest BCUT2D eigenvalue weighted by molar-refractivity contribution is 5.72. The molecule has 3 rings (SSSR count). The molecule has 0 radical (unpaired) electrons. The van der Waals surface area contributed by atoms with Gasteiger partial charge in [0.15, 0.2) is 0 Å². The minimum absolute atomic E-state index is 0.0463. The van der Waals surface area contributed by atoms with E-state index in [1.807, 2.05) is 0 Å². The summed E-state index contributed by atoms with van der Waals surface area (Å²) in [6, 6.07) is 0. The first-order valence-electron chi connectivity index (χ1n) is 3.52. The lowest BCUT2D eigenvalue weighted by atomic mass is 9.72. The molecule has 0 saturated heterocycles. The minimum atomic E-state index is -0.561. The Morgan fingerprint density at radius 2 is 1.89 bits per heavy atom. The monoisotopic (exact) mass is 126 g/mol. The van der Waals surface area contributed by atoms with E-state index in [4.69, 9.17) is 5.11 Å². The van der Waals surface area contributed by atoms with Crippen LogP contribution in [0.4, 0.5) is 0 Å². The Labute approximate surface area is 53.9 Å². The summed E-state index contributed by atoms with van der Waals surface area (Å²) in [5, 5.41) is 8.61. The average Bonchev–Trinajstić information content (AvgIpc) is 2.13. The van der Waals surface area contributed by atoms with Gasteiger partial charge < -0.3 is 5.11 Å². The van der Waals surface area contributed by atoms with Gasteiger partial charge in [-0.15, -0.1) is 0 Å². The molecule has 0 aromatic rings. The summed E-state index contributed by atoms with van der Waals surface area (Å²) in [4.78, 5) is 10.4. The van der Waals surface area contributed by atoms with Crippen LogP contribution in [-0.2, 0) is 4.79 Å². The van der Waals surface area contributed by atoms with Crippen LogP contribution in [0.15, 0.2) is 0 Å². The number of aliphatic carboxylic acids is 1. The molecule has 0 aromatic heterocycles. The number of carboxylic acids is 1. The van der Waals surface area contributed by atoms with Crippen LogP contribution in [0.2, 0.25) is 0 Å². The Morgan fingerprint density at radius 1 is 1.33 bits per heavy atom. The van der Waals surface area contributed by atoms with Gasteiger partial charge >= 0.3 is 5.97 Å². The molecule has 3 saturated carbocycles. The fourth-order valence-electron chi connectivity index (χ4n) is 2.30. The van der Waals surface area contributed by atoms with E-state index in [-0.39, 0.29) is 5.92 Å². The molecule has 2 nitrogen and oxygen atoms in total. The van der Waals surface area contributed by atoms with Gasteiger partial charge in [-0.25, -0.2) is 0 Å². The third-order valence-corrected chi connectivity index (χ3v) is 2.81. The standard InChI is InChI=1S/C7H10O2/c8-7(9)6-4-1-2-5(6)3-4/h4-6H,1-3H2,(H,8,9). The molecule has 9 heavy (non-hydrogen) atoms. The summed E-state index contributed by atoms with van der Waals surface area (Å²) < 4.78 is 0. The van der Waals surface area contributed by atoms with Gasteiger partial charge in [-0.1, -0.05) is 0 Å². The Kier molecular flexibility index (Phi) is 0.875. The molecule has 3 fully saturated rings. The number of hydrogen-bond acceptors (Lipinski definition) is 1. The first-order chi connectivity index (χ1) is 4.29. The van der Waals surface area contributed by atoms with Crippen molar-refractivity contribution in [1.82, 2.24) is 0 Å². The van der Waals surface area contributed by atoms with Gasteiger partial charge in [0.2, 0.25) is 0 Å². The Balaban J connectivity index is 2.10. The van der Waals surface area contributed by atoms with Gasteiger partial charge in [0.25, 0.3) is 0 Å². The summed E-state index contributed by atoms with van der Waals surface area (Å²) in [6.07, 6.45) is 3.53. The first kappa shape index (κ1) is 5.27. The maximum atomic E-state index is 10.4. The van der Waals surface area contributed by atoms with E-state index in [1.165, 1.54) is 19.3 Å². The van der Waals surface area contributed by atoms with E-state index >= 15 is 0 Å². The normalized spacial score (nSPS) is 46.4. The highest BCUT2D eigenvalue weighted by Crippen LogP contribution is 2.53. The van der Waals surface area contributed by atoms with E-state index in [9.17, 15) is 4.79 Å². The van der Waals surface area contributed by atoms with Crippen molar-refractivity contribution >= 4 is 5.97 Å². The molecule has 0 spiro atoms. The molecule has 1 N–H and O–H groups in total. The topological polar surface area (TPSA) is 37.3 Å². The van der Waals surface area contributed by atoms with Gasteiger partial charge in [-0.2, -0.15) is 0 Å². The van der Waals surface area contributed by atoms with Gasteiger partial charge in [0.05, 0.1) is 5.92 Å². The molecule has 50 valence electrons. The maximum Gasteiger partial charge on any atom is 0.307 e. The van der Waals surface area contributed by atoms with Crippen molar-refractivity contribution in [2.45, 2.75) is 19.3 Å². The van der Waals surface area contributed by atoms with Crippen LogP contribution in [0.3, 0.4) is 0 Å². The summed E-state index contributed by atoms with van der Waals surface area (Å²) in [5.74, 6) is 0.582. The Hall–Kier alpha value is -0.530. The number of carbonyl (C=O) groups is 1. The van der Waals surface area contributed by atoms with Crippen LogP contribution >= 0.6 is 0 Å². The smallest absolute Gasteiger partial charge is 0.307 e. The van der Waals surface area contributed by atoms with Crippen LogP contribution in [0, 0.1) is 17.8 Å². The second kappa shape index (κ2) is 1.49. The highest BCUT2D eigenvalue weighted by atomic mass is 16.4. The molecule has 3 aliphatic carbocycles. The van der Waals surface area contributed by atoms with Crippen molar-refractivity contribution in [3.05, 3.63) is 0 Å². The van der Waals surface area contributed by atoms with Crippen LogP contribution in [-0.4, -0.2) is 11.1 Å². The lowest BCUT2D eigenvalue weighted by Gasteiger charge is -2.31. The lowest BCUT2D eigenvalue weighted by molar-refractivity contribution is -0.148. The molecular formula is C7H10O2. The molecule has 2 unspecified atom stereocenters. The maximum absolute atomic E-state index is 10.4. The van der Waals surface area contributed by atoms with Gasteiger partial charge in [0, 0.05) is 0 Å². The molecule has 2 bridgehead atoms. The van der Waals surface area contributed by atoms with Gasteiger partial charge in [0.1, 0.15) is 0 Å². The summed E-state index contributed by atoms with van der Waals surface area (Å²) in [6.45, 7) is 0. The third-order valence-electron chi connectivity index (χ3n) is 2.81. The van der Waals surface area contributed by atoms with Gasteiger partial charge in [-0.05, 0) is 31.1 Å². The van der Waals surface area contributed by atoms with Gasteiger partial charge in [-0.3, -0.25) is 4.79 Å². The van der Waals surface area contributed by atoms with Crippen LogP contribution in [0.1, 0.15) is 19.3 Å². The quantitative estimate of drug-likeness (QED) is 0.571. The Bertz CT molecular complexity index is 139. The number of fused-ring (bicyclic) bond motifs is 1. The Morgan fingerprint density at radius 3 is 2.11 bits per heavy atom. The average molecular weight is 126 g/mol. The van der Waals surface area contributed by atoms with Crippen molar-refractivity contribution in [2.24, 2.45) is 17.8 Å².